The van der Waals surface area contributed by atoms with Gasteiger partial charge in [-0.3, -0.25) is 9.69 Å². The third-order valence-electron chi connectivity index (χ3n) is 8.62. The van der Waals surface area contributed by atoms with E-state index in [0.717, 1.165) is 41.9 Å². The molecule has 3 fully saturated rings. The molecule has 5 atom stereocenters. The molecule has 1 unspecified atom stereocenters. The molecule has 3 aliphatic rings. The first-order valence-electron chi connectivity index (χ1n) is 13.4. The highest BCUT2D eigenvalue weighted by Gasteiger charge is 2.54. The van der Waals surface area contributed by atoms with Crippen LogP contribution in [0.1, 0.15) is 42.9 Å². The smallest absolute Gasteiger partial charge is 0.308 e. The van der Waals surface area contributed by atoms with Crippen molar-refractivity contribution >= 4 is 11.7 Å². The topological polar surface area (TPSA) is 73.2 Å². The number of anilines is 1. The first kappa shape index (κ1) is 26.3. The minimum absolute atomic E-state index is 0.000693. The fourth-order valence-electron chi connectivity index (χ4n) is 6.73. The Morgan fingerprint density at radius 3 is 2.16 bits per heavy atom. The van der Waals surface area contributed by atoms with Gasteiger partial charge in [0.2, 0.25) is 0 Å². The lowest BCUT2D eigenvalue weighted by atomic mass is 9.65. The summed E-state index contributed by atoms with van der Waals surface area (Å²) in [6.07, 6.45) is 0.826. The van der Waals surface area contributed by atoms with E-state index in [1.165, 1.54) is 0 Å². The van der Waals surface area contributed by atoms with Crippen molar-refractivity contribution in [2.24, 2.45) is 11.8 Å². The number of benzene rings is 3. The van der Waals surface area contributed by atoms with E-state index in [0.29, 0.717) is 5.75 Å². The molecule has 0 radical (unpaired) electrons. The summed E-state index contributed by atoms with van der Waals surface area (Å²) in [6.45, 7) is 5.18. The standard InChI is InChI=1S/C32H38N2O4/c1-32(2,37)23-15-16-27(38-4)25(19-23)33(3)26-20-34-18-17-24(26)29(31(35)36)30(34)28(21-11-7-5-8-12-21)22-13-9-6-10-14-22/h5-16,19,24,26,28-30,37H,17-18,20H2,1-4H3,(H,35,36)/t24-,26+,29+,30+/m1/s1. The Morgan fingerprint density at radius 1 is 1.03 bits per heavy atom. The van der Waals surface area contributed by atoms with Crippen LogP contribution < -0.4 is 9.64 Å². The van der Waals surface area contributed by atoms with Crippen LogP contribution in [0.25, 0.3) is 0 Å². The van der Waals surface area contributed by atoms with Gasteiger partial charge in [-0.1, -0.05) is 66.7 Å². The van der Waals surface area contributed by atoms with Crippen LogP contribution in [0.15, 0.2) is 78.9 Å². The highest BCUT2D eigenvalue weighted by atomic mass is 16.5. The van der Waals surface area contributed by atoms with Gasteiger partial charge in [0, 0.05) is 31.6 Å². The molecule has 0 saturated carbocycles. The maximum Gasteiger partial charge on any atom is 0.308 e. The monoisotopic (exact) mass is 514 g/mol. The van der Waals surface area contributed by atoms with Crippen molar-refractivity contribution in [3.63, 3.8) is 0 Å². The number of piperidine rings is 3. The number of carboxylic acid groups (broad SMARTS) is 1. The van der Waals surface area contributed by atoms with Crippen LogP contribution in [-0.4, -0.2) is 60.4 Å². The molecule has 3 aromatic carbocycles. The zero-order valence-electron chi connectivity index (χ0n) is 22.6. The van der Waals surface area contributed by atoms with Crippen LogP contribution >= 0.6 is 0 Å². The molecule has 2 N–H and O–H groups in total. The Kier molecular flexibility index (Phi) is 7.21. The SMILES string of the molecule is COc1ccc(C(C)(C)O)cc1N(C)[C@H]1CN2CC[C@H]1[C@H](C(=O)O)[C@@H]2C(c1ccccc1)c1ccccc1. The fourth-order valence-corrected chi connectivity index (χ4v) is 6.73. The molecule has 3 aromatic rings. The molecule has 0 spiro atoms. The van der Waals surface area contributed by atoms with Crippen molar-refractivity contribution in [1.82, 2.24) is 4.90 Å². The molecular weight excluding hydrogens is 476 g/mol. The third-order valence-corrected chi connectivity index (χ3v) is 8.62. The highest BCUT2D eigenvalue weighted by Crippen LogP contribution is 2.48. The summed E-state index contributed by atoms with van der Waals surface area (Å²) in [5.41, 5.74) is 2.96. The Morgan fingerprint density at radius 2 is 1.63 bits per heavy atom. The van der Waals surface area contributed by atoms with Gasteiger partial charge >= 0.3 is 5.97 Å². The Labute approximate surface area is 225 Å². The highest BCUT2D eigenvalue weighted by molar-refractivity contribution is 5.73. The summed E-state index contributed by atoms with van der Waals surface area (Å²) in [5, 5.41) is 21.3. The number of likely N-dealkylation sites (N-methyl/N-ethyl adjacent to an activating group) is 1. The second-order valence-corrected chi connectivity index (χ2v) is 11.2. The number of aliphatic hydroxyl groups is 1. The maximum atomic E-state index is 13.0. The number of carboxylic acids is 1. The van der Waals surface area contributed by atoms with Gasteiger partial charge in [-0.15, -0.1) is 0 Å². The van der Waals surface area contributed by atoms with Crippen LogP contribution in [0.5, 0.6) is 5.75 Å². The molecule has 6 rings (SSSR count). The van der Waals surface area contributed by atoms with E-state index >= 15 is 0 Å². The molecule has 6 heteroatoms. The van der Waals surface area contributed by atoms with Crippen molar-refractivity contribution < 1.29 is 19.7 Å². The third kappa shape index (κ3) is 4.79. The molecule has 3 heterocycles. The van der Waals surface area contributed by atoms with Crippen LogP contribution in [0.2, 0.25) is 0 Å². The molecule has 3 saturated heterocycles. The normalized spacial score (nSPS) is 24.8. The van der Waals surface area contributed by atoms with Crippen molar-refractivity contribution in [3.8, 4) is 5.75 Å². The van der Waals surface area contributed by atoms with Crippen LogP contribution in [-0.2, 0) is 10.4 Å². The summed E-state index contributed by atoms with van der Waals surface area (Å²) in [7, 11) is 3.67. The number of aliphatic carboxylic acids is 1. The van der Waals surface area contributed by atoms with Gasteiger partial charge in [0.05, 0.1) is 24.3 Å². The summed E-state index contributed by atoms with van der Waals surface area (Å²) < 4.78 is 5.70. The number of rotatable bonds is 8. The number of hydrogen-bond acceptors (Lipinski definition) is 5. The lowest BCUT2D eigenvalue weighted by Crippen LogP contribution is -2.67. The Balaban J connectivity index is 1.55. The van der Waals surface area contributed by atoms with Gasteiger partial charge in [-0.05, 0) is 61.6 Å². The van der Waals surface area contributed by atoms with E-state index in [2.05, 4.69) is 34.1 Å². The van der Waals surface area contributed by atoms with E-state index in [9.17, 15) is 15.0 Å². The summed E-state index contributed by atoms with van der Waals surface area (Å²) >= 11 is 0. The lowest BCUT2D eigenvalue weighted by molar-refractivity contribution is -0.154. The largest absolute Gasteiger partial charge is 0.495 e. The molecule has 0 amide bonds. The number of fused-ring (bicyclic) bond motifs is 3. The fraction of sp³-hybridized carbons (Fsp3) is 0.406. The van der Waals surface area contributed by atoms with E-state index < -0.39 is 17.5 Å². The molecule has 0 aromatic heterocycles. The van der Waals surface area contributed by atoms with Gasteiger partial charge < -0.3 is 19.8 Å². The van der Waals surface area contributed by atoms with Gasteiger partial charge in [-0.25, -0.2) is 0 Å². The first-order valence-corrected chi connectivity index (χ1v) is 13.4. The molecule has 38 heavy (non-hydrogen) atoms. The summed E-state index contributed by atoms with van der Waals surface area (Å²) in [5.74, 6) is -0.624. The summed E-state index contributed by atoms with van der Waals surface area (Å²) in [6, 6.07) is 26.2. The first-order chi connectivity index (χ1) is 18.2. The van der Waals surface area contributed by atoms with Gasteiger partial charge in [-0.2, -0.15) is 0 Å². The number of carbonyl (C=O) groups is 1. The molecule has 200 valence electrons. The zero-order valence-corrected chi connectivity index (χ0v) is 22.6. The minimum Gasteiger partial charge on any atom is -0.495 e. The summed E-state index contributed by atoms with van der Waals surface area (Å²) in [4.78, 5) is 17.6. The predicted octanol–water partition coefficient (Wildman–Crippen LogP) is 4.96. The minimum atomic E-state index is -0.996. The van der Waals surface area contributed by atoms with Crippen LogP contribution in [0, 0.1) is 11.8 Å². The van der Waals surface area contributed by atoms with Gasteiger partial charge in [0.1, 0.15) is 5.75 Å². The second kappa shape index (κ2) is 10.4. The van der Waals surface area contributed by atoms with Crippen molar-refractivity contribution in [2.45, 2.75) is 43.9 Å². The second-order valence-electron chi connectivity index (χ2n) is 11.2. The van der Waals surface area contributed by atoms with Crippen molar-refractivity contribution in [2.75, 3.05) is 32.1 Å². The predicted molar refractivity (Wildman–Crippen MR) is 150 cm³/mol. The maximum absolute atomic E-state index is 13.0. The van der Waals surface area contributed by atoms with E-state index in [1.54, 1.807) is 21.0 Å². The average Bonchev–Trinajstić information content (AvgIpc) is 2.93. The van der Waals surface area contributed by atoms with Crippen LogP contribution in [0.3, 0.4) is 0 Å². The van der Waals surface area contributed by atoms with E-state index in [1.807, 2.05) is 61.6 Å². The van der Waals surface area contributed by atoms with Crippen LogP contribution in [0.4, 0.5) is 5.69 Å². The lowest BCUT2D eigenvalue weighted by Gasteiger charge is -2.57. The molecule has 3 aliphatic heterocycles. The quantitative estimate of drug-likeness (QED) is 0.443. The van der Waals surface area contributed by atoms with E-state index in [-0.39, 0.29) is 23.9 Å². The zero-order chi connectivity index (χ0) is 27.0. The molecule has 0 aliphatic carbocycles. The molecule has 2 bridgehead atoms. The number of ether oxygens (including phenoxy) is 1. The van der Waals surface area contributed by atoms with E-state index in [4.69, 9.17) is 4.74 Å². The Bertz CT molecular complexity index is 1220. The van der Waals surface area contributed by atoms with Crippen molar-refractivity contribution in [3.05, 3.63) is 95.6 Å². The van der Waals surface area contributed by atoms with Gasteiger partial charge in [0.25, 0.3) is 0 Å². The molecular formula is C32H38N2O4. The van der Waals surface area contributed by atoms with Crippen molar-refractivity contribution in [1.29, 1.82) is 0 Å². The molecule has 6 nitrogen and oxygen atoms in total. The van der Waals surface area contributed by atoms with Gasteiger partial charge in [0.15, 0.2) is 0 Å². The number of nitrogens with zero attached hydrogens (tertiary/aromatic N) is 2. The Hall–Kier alpha value is -3.35. The number of hydrogen-bond donors (Lipinski definition) is 2. The number of methoxy groups -OCH3 is 1. The average molecular weight is 515 g/mol.